The zero-order chi connectivity index (χ0) is 11.0. The molecule has 4 rings (SSSR count). The first-order valence-electron chi connectivity index (χ1n) is 6.66. The van der Waals surface area contributed by atoms with Crippen LogP contribution in [0.4, 0.5) is 0 Å². The Labute approximate surface area is 98.7 Å². The number of hydrogen-bond acceptors (Lipinski definition) is 0. The maximum Gasteiger partial charge on any atom is 0.104 e. The molecule has 2 bridgehead atoms. The molecule has 0 N–H and O–H groups in total. The van der Waals surface area contributed by atoms with Gasteiger partial charge < -0.3 is 4.48 Å². The summed E-state index contributed by atoms with van der Waals surface area (Å²) in [5.74, 6) is 1.07. The Morgan fingerprint density at radius 1 is 1.00 bits per heavy atom. The first kappa shape index (κ1) is 10.3. The van der Waals surface area contributed by atoms with Gasteiger partial charge >= 0.3 is 0 Å². The second kappa shape index (κ2) is 3.89. The van der Waals surface area contributed by atoms with E-state index in [9.17, 15) is 0 Å². The number of hydrogen-bond donors (Lipinski definition) is 0. The summed E-state index contributed by atoms with van der Waals surface area (Å²) in [6.07, 6.45) is 4.43. The minimum absolute atomic E-state index is 1.07. The van der Waals surface area contributed by atoms with Gasteiger partial charge in [0.05, 0.1) is 19.6 Å². The Bertz CT molecular complexity index is 344. The summed E-state index contributed by atoms with van der Waals surface area (Å²) in [4.78, 5) is 0. The van der Waals surface area contributed by atoms with Gasteiger partial charge in [0, 0.05) is 5.56 Å². The number of piperidine rings is 3. The molecule has 86 valence electrons. The Morgan fingerprint density at radius 2 is 1.56 bits per heavy atom. The lowest BCUT2D eigenvalue weighted by Gasteiger charge is -2.49. The van der Waals surface area contributed by atoms with Crippen molar-refractivity contribution in [2.75, 3.05) is 19.6 Å². The molecule has 3 aliphatic heterocycles. The van der Waals surface area contributed by atoms with Crippen LogP contribution in [0.3, 0.4) is 0 Å². The van der Waals surface area contributed by atoms with Crippen molar-refractivity contribution in [3.63, 3.8) is 0 Å². The molecule has 16 heavy (non-hydrogen) atoms. The highest BCUT2D eigenvalue weighted by molar-refractivity contribution is 5.20. The van der Waals surface area contributed by atoms with E-state index in [2.05, 4.69) is 31.2 Å². The first-order chi connectivity index (χ1) is 7.76. The third-order valence-corrected chi connectivity index (χ3v) is 4.67. The molecule has 3 aliphatic rings. The number of quaternary nitrogens is 1. The van der Waals surface area contributed by atoms with Crippen LogP contribution in [0.25, 0.3) is 0 Å². The van der Waals surface area contributed by atoms with Gasteiger partial charge in [-0.2, -0.15) is 0 Å². The molecular formula is C15H22N+. The minimum atomic E-state index is 1.07. The molecule has 0 aliphatic carbocycles. The average molecular weight is 216 g/mol. The van der Waals surface area contributed by atoms with Gasteiger partial charge in [0.25, 0.3) is 0 Å². The predicted octanol–water partition coefficient (Wildman–Crippen LogP) is 3.13. The minimum Gasteiger partial charge on any atom is -0.320 e. The Kier molecular flexibility index (Phi) is 2.51. The van der Waals surface area contributed by atoms with Crippen LogP contribution < -0.4 is 0 Å². The molecule has 1 aromatic carbocycles. The Morgan fingerprint density at radius 3 is 2.12 bits per heavy atom. The predicted molar refractivity (Wildman–Crippen MR) is 67.1 cm³/mol. The molecule has 0 aromatic heterocycles. The van der Waals surface area contributed by atoms with Crippen LogP contribution in [-0.2, 0) is 6.54 Å². The monoisotopic (exact) mass is 216 g/mol. The lowest BCUT2D eigenvalue weighted by molar-refractivity contribution is -0.955. The van der Waals surface area contributed by atoms with E-state index < -0.39 is 0 Å². The first-order valence-corrected chi connectivity index (χ1v) is 6.66. The highest BCUT2D eigenvalue weighted by Crippen LogP contribution is 2.35. The maximum absolute atomic E-state index is 2.32. The van der Waals surface area contributed by atoms with Crippen molar-refractivity contribution in [3.8, 4) is 0 Å². The summed E-state index contributed by atoms with van der Waals surface area (Å²) >= 11 is 0. The van der Waals surface area contributed by atoms with E-state index in [1.165, 1.54) is 61.1 Å². The quantitative estimate of drug-likeness (QED) is 0.666. The van der Waals surface area contributed by atoms with Gasteiger partial charge in [-0.15, -0.1) is 0 Å². The highest BCUT2D eigenvalue weighted by Gasteiger charge is 2.39. The molecular weight excluding hydrogens is 194 g/mol. The van der Waals surface area contributed by atoms with Crippen LogP contribution in [0.1, 0.15) is 30.4 Å². The van der Waals surface area contributed by atoms with E-state index in [0.29, 0.717) is 0 Å². The van der Waals surface area contributed by atoms with Gasteiger partial charge in [-0.3, -0.25) is 0 Å². The molecule has 0 unspecified atom stereocenters. The lowest BCUT2D eigenvalue weighted by Crippen LogP contribution is -2.57. The SMILES string of the molecule is Cc1ccc(C[N+]23CCC(CC2)CC3)cc1. The van der Waals surface area contributed by atoms with Crippen LogP contribution in [0, 0.1) is 12.8 Å². The Hall–Kier alpha value is -0.820. The molecule has 1 nitrogen and oxygen atoms in total. The van der Waals surface area contributed by atoms with Crippen LogP contribution in [0.15, 0.2) is 24.3 Å². The summed E-state index contributed by atoms with van der Waals surface area (Å²) in [5.41, 5.74) is 2.91. The van der Waals surface area contributed by atoms with Crippen molar-refractivity contribution in [1.82, 2.24) is 0 Å². The summed E-state index contributed by atoms with van der Waals surface area (Å²) in [6, 6.07) is 9.15. The van der Waals surface area contributed by atoms with Gasteiger partial charge in [0.2, 0.25) is 0 Å². The molecule has 1 aromatic rings. The smallest absolute Gasteiger partial charge is 0.104 e. The number of nitrogens with zero attached hydrogens (tertiary/aromatic N) is 1. The third-order valence-electron chi connectivity index (χ3n) is 4.67. The number of aryl methyl sites for hydroxylation is 1. The zero-order valence-electron chi connectivity index (χ0n) is 10.3. The molecule has 3 saturated heterocycles. The molecule has 3 fully saturated rings. The van der Waals surface area contributed by atoms with Gasteiger partial charge in [0.1, 0.15) is 6.54 Å². The average Bonchev–Trinajstić information content (AvgIpc) is 2.34. The maximum atomic E-state index is 2.32. The van der Waals surface area contributed by atoms with Gasteiger partial charge in [0.15, 0.2) is 0 Å². The van der Waals surface area contributed by atoms with Crippen molar-refractivity contribution in [1.29, 1.82) is 0 Å². The standard InChI is InChI=1S/C15H22N/c1-13-2-4-15(5-3-13)12-16-9-6-14(7-10-16)8-11-16/h2-5,14H,6-12H2,1H3/q+1. The van der Waals surface area contributed by atoms with Crippen molar-refractivity contribution < 1.29 is 4.48 Å². The van der Waals surface area contributed by atoms with E-state index in [0.717, 1.165) is 5.92 Å². The van der Waals surface area contributed by atoms with Crippen molar-refractivity contribution in [3.05, 3.63) is 35.4 Å². The zero-order valence-corrected chi connectivity index (χ0v) is 10.3. The normalized spacial score (nSPS) is 32.9. The summed E-state index contributed by atoms with van der Waals surface area (Å²) in [6.45, 7) is 7.73. The van der Waals surface area contributed by atoms with Gasteiger partial charge in [-0.25, -0.2) is 0 Å². The fourth-order valence-electron chi connectivity index (χ4n) is 3.46. The fourth-order valence-corrected chi connectivity index (χ4v) is 3.46. The van der Waals surface area contributed by atoms with Crippen molar-refractivity contribution in [2.24, 2.45) is 5.92 Å². The summed E-state index contributed by atoms with van der Waals surface area (Å²) in [7, 11) is 0. The molecule has 0 spiro atoms. The van der Waals surface area contributed by atoms with Crippen LogP contribution in [-0.4, -0.2) is 24.1 Å². The van der Waals surface area contributed by atoms with Crippen LogP contribution in [0.2, 0.25) is 0 Å². The second-order valence-corrected chi connectivity index (χ2v) is 5.89. The van der Waals surface area contributed by atoms with Crippen molar-refractivity contribution in [2.45, 2.75) is 32.7 Å². The van der Waals surface area contributed by atoms with E-state index in [1.54, 1.807) is 0 Å². The molecule has 0 saturated carbocycles. The third kappa shape index (κ3) is 1.89. The second-order valence-electron chi connectivity index (χ2n) is 5.89. The van der Waals surface area contributed by atoms with Crippen molar-refractivity contribution >= 4 is 0 Å². The topological polar surface area (TPSA) is 0 Å². The molecule has 1 heteroatoms. The highest BCUT2D eigenvalue weighted by atomic mass is 15.4. The van der Waals surface area contributed by atoms with Gasteiger partial charge in [-0.05, 0) is 32.1 Å². The summed E-state index contributed by atoms with van der Waals surface area (Å²) < 4.78 is 1.37. The van der Waals surface area contributed by atoms with E-state index in [-0.39, 0.29) is 0 Å². The van der Waals surface area contributed by atoms with Crippen LogP contribution in [0.5, 0.6) is 0 Å². The molecule has 3 heterocycles. The van der Waals surface area contributed by atoms with E-state index in [1.807, 2.05) is 0 Å². The van der Waals surface area contributed by atoms with E-state index in [4.69, 9.17) is 0 Å². The molecule has 0 radical (unpaired) electrons. The van der Waals surface area contributed by atoms with E-state index >= 15 is 0 Å². The molecule has 0 amide bonds. The van der Waals surface area contributed by atoms with Crippen LogP contribution >= 0.6 is 0 Å². The lowest BCUT2D eigenvalue weighted by atomic mass is 9.85. The fraction of sp³-hybridized carbons (Fsp3) is 0.600. The van der Waals surface area contributed by atoms with Gasteiger partial charge in [-0.1, -0.05) is 29.8 Å². The Balaban J connectivity index is 1.75. The number of fused-ring (bicyclic) bond motifs is 3. The largest absolute Gasteiger partial charge is 0.320 e. The molecule has 0 atom stereocenters. The number of benzene rings is 1. The number of rotatable bonds is 2. The summed E-state index contributed by atoms with van der Waals surface area (Å²) in [5, 5.41) is 0.